The van der Waals surface area contributed by atoms with Crippen molar-refractivity contribution >= 4 is 33.3 Å². The lowest BCUT2D eigenvalue weighted by atomic mass is 10.1. The number of alkyl halides is 1. The Morgan fingerprint density at radius 3 is 2.69 bits per heavy atom. The summed E-state index contributed by atoms with van der Waals surface area (Å²) in [7, 11) is 0. The monoisotopic (exact) mass is 260 g/mol. The molecule has 0 bridgehead atoms. The molecule has 13 heavy (non-hydrogen) atoms. The molecule has 70 valence electrons. The zero-order valence-electron chi connectivity index (χ0n) is 7.47. The summed E-state index contributed by atoms with van der Waals surface area (Å²) < 4.78 is 0.840. The number of halogens is 2. The Morgan fingerprint density at radius 2 is 2.15 bits per heavy atom. The Bertz CT molecular complexity index is 334. The van der Waals surface area contributed by atoms with E-state index >= 15 is 0 Å². The van der Waals surface area contributed by atoms with Crippen LogP contribution in [0.5, 0.6) is 0 Å². The molecule has 1 rings (SSSR count). The summed E-state index contributed by atoms with van der Waals surface area (Å²) in [5.41, 5.74) is 1.70. The molecule has 0 saturated carbocycles. The van der Waals surface area contributed by atoms with Gasteiger partial charge >= 0.3 is 0 Å². The number of carbonyl (C=O) groups is 1. The van der Waals surface area contributed by atoms with Crippen molar-refractivity contribution in [3.05, 3.63) is 33.8 Å². The Morgan fingerprint density at radius 1 is 1.54 bits per heavy atom. The van der Waals surface area contributed by atoms with E-state index in [-0.39, 0.29) is 5.78 Å². The van der Waals surface area contributed by atoms with E-state index in [1.54, 1.807) is 13.0 Å². The molecule has 0 radical (unpaired) electrons. The highest BCUT2D eigenvalue weighted by Crippen LogP contribution is 2.23. The van der Waals surface area contributed by atoms with Crippen LogP contribution in [0.2, 0.25) is 0 Å². The Labute approximate surface area is 91.2 Å². The van der Waals surface area contributed by atoms with Gasteiger partial charge in [-0.3, -0.25) is 4.79 Å². The second-order valence-electron chi connectivity index (χ2n) is 2.92. The number of Topliss-reactive ketones (excluding diaryl/α,β-unsaturated/α-hetero) is 1. The largest absolute Gasteiger partial charge is 0.292 e. The maximum atomic E-state index is 11.6. The van der Waals surface area contributed by atoms with E-state index in [0.29, 0.717) is 5.56 Å². The maximum absolute atomic E-state index is 11.6. The zero-order chi connectivity index (χ0) is 10.0. The fraction of sp³-hybridized carbons (Fsp3) is 0.300. The van der Waals surface area contributed by atoms with E-state index in [2.05, 4.69) is 15.9 Å². The molecule has 0 heterocycles. The van der Waals surface area contributed by atoms with Gasteiger partial charge in [-0.1, -0.05) is 18.2 Å². The first-order valence-corrected chi connectivity index (χ1v) is 5.20. The topological polar surface area (TPSA) is 17.1 Å². The highest BCUT2D eigenvalue weighted by molar-refractivity contribution is 9.10. The molecule has 0 aliphatic rings. The van der Waals surface area contributed by atoms with Gasteiger partial charge in [0, 0.05) is 10.0 Å². The minimum atomic E-state index is -0.474. The fourth-order valence-electron chi connectivity index (χ4n) is 1.05. The van der Waals surface area contributed by atoms with Gasteiger partial charge in [-0.15, -0.1) is 11.6 Å². The predicted octanol–water partition coefficient (Wildman–Crippen LogP) is 3.57. The maximum Gasteiger partial charge on any atom is 0.181 e. The molecule has 0 aromatic heterocycles. The molecule has 1 unspecified atom stereocenters. The van der Waals surface area contributed by atoms with Crippen LogP contribution in [0.25, 0.3) is 0 Å². The molecular formula is C10H10BrClO. The van der Waals surface area contributed by atoms with Gasteiger partial charge in [-0.2, -0.15) is 0 Å². The van der Waals surface area contributed by atoms with Crippen LogP contribution in [0.1, 0.15) is 22.8 Å². The van der Waals surface area contributed by atoms with Gasteiger partial charge in [0.2, 0.25) is 0 Å². The lowest BCUT2D eigenvalue weighted by molar-refractivity contribution is 0.0991. The average molecular weight is 262 g/mol. The molecule has 0 amide bonds. The van der Waals surface area contributed by atoms with Crippen molar-refractivity contribution in [2.75, 3.05) is 0 Å². The first-order chi connectivity index (χ1) is 6.04. The number of rotatable bonds is 2. The normalized spacial score (nSPS) is 12.6. The van der Waals surface area contributed by atoms with E-state index in [0.717, 1.165) is 10.0 Å². The van der Waals surface area contributed by atoms with Crippen LogP contribution in [0.3, 0.4) is 0 Å². The van der Waals surface area contributed by atoms with Gasteiger partial charge in [-0.05, 0) is 35.3 Å². The van der Waals surface area contributed by atoms with Crippen molar-refractivity contribution in [1.82, 2.24) is 0 Å². The van der Waals surface area contributed by atoms with Gasteiger partial charge in [0.15, 0.2) is 5.78 Å². The van der Waals surface area contributed by atoms with E-state index in [4.69, 9.17) is 11.6 Å². The molecular weight excluding hydrogens is 251 g/mol. The summed E-state index contributed by atoms with van der Waals surface area (Å²) in [4.78, 5) is 11.6. The van der Waals surface area contributed by atoms with E-state index in [9.17, 15) is 4.79 Å². The predicted molar refractivity (Wildman–Crippen MR) is 58.5 cm³/mol. The van der Waals surface area contributed by atoms with Crippen LogP contribution in [0, 0.1) is 6.92 Å². The van der Waals surface area contributed by atoms with E-state index in [1.165, 1.54) is 0 Å². The number of carbonyl (C=O) groups excluding carboxylic acids is 1. The number of aryl methyl sites for hydroxylation is 1. The second-order valence-corrected chi connectivity index (χ2v) is 4.36. The molecule has 0 saturated heterocycles. The molecule has 1 nitrogen and oxygen atoms in total. The first kappa shape index (κ1) is 10.7. The molecule has 1 atom stereocenters. The Balaban J connectivity index is 3.15. The lowest BCUT2D eigenvalue weighted by Gasteiger charge is -2.06. The third-order valence-corrected chi connectivity index (χ3v) is 3.07. The highest BCUT2D eigenvalue weighted by Gasteiger charge is 2.15. The van der Waals surface area contributed by atoms with Gasteiger partial charge in [-0.25, -0.2) is 0 Å². The minimum absolute atomic E-state index is 0.0442. The van der Waals surface area contributed by atoms with E-state index in [1.807, 2.05) is 19.1 Å². The first-order valence-electron chi connectivity index (χ1n) is 3.97. The summed E-state index contributed by atoms with van der Waals surface area (Å²) in [5, 5.41) is -0.474. The third kappa shape index (κ3) is 2.32. The molecule has 3 heteroatoms. The minimum Gasteiger partial charge on any atom is -0.292 e. The Hall–Kier alpha value is -0.340. The van der Waals surface area contributed by atoms with Crippen LogP contribution < -0.4 is 0 Å². The molecule has 1 aromatic carbocycles. The SMILES string of the molecule is Cc1cccc(C(=O)C(C)Cl)c1Br. The smallest absolute Gasteiger partial charge is 0.181 e. The number of hydrogen-bond donors (Lipinski definition) is 0. The van der Waals surface area contributed by atoms with Crippen molar-refractivity contribution in [1.29, 1.82) is 0 Å². The number of ketones is 1. The fourth-order valence-corrected chi connectivity index (χ4v) is 1.63. The molecule has 0 aliphatic carbocycles. The summed E-state index contributed by atoms with van der Waals surface area (Å²) >= 11 is 9.09. The van der Waals surface area contributed by atoms with Crippen molar-refractivity contribution in [2.24, 2.45) is 0 Å². The van der Waals surface area contributed by atoms with Crippen molar-refractivity contribution < 1.29 is 4.79 Å². The van der Waals surface area contributed by atoms with Crippen LogP contribution in [-0.4, -0.2) is 11.2 Å². The standard InChI is InChI=1S/C10H10BrClO/c1-6-4-3-5-8(9(6)11)10(13)7(2)12/h3-5,7H,1-2H3. The summed E-state index contributed by atoms with van der Waals surface area (Å²) in [6.07, 6.45) is 0. The summed E-state index contributed by atoms with van der Waals surface area (Å²) in [5.74, 6) is -0.0442. The van der Waals surface area contributed by atoms with Crippen LogP contribution >= 0.6 is 27.5 Å². The van der Waals surface area contributed by atoms with E-state index < -0.39 is 5.38 Å². The van der Waals surface area contributed by atoms with Crippen LogP contribution in [0.15, 0.2) is 22.7 Å². The van der Waals surface area contributed by atoms with Gasteiger partial charge in [0.25, 0.3) is 0 Å². The number of benzene rings is 1. The summed E-state index contributed by atoms with van der Waals surface area (Å²) in [6.45, 7) is 3.62. The van der Waals surface area contributed by atoms with Gasteiger partial charge in [0.1, 0.15) is 0 Å². The van der Waals surface area contributed by atoms with Crippen molar-refractivity contribution in [3.63, 3.8) is 0 Å². The van der Waals surface area contributed by atoms with Crippen LogP contribution in [-0.2, 0) is 0 Å². The Kier molecular flexibility index (Phi) is 3.51. The molecule has 0 N–H and O–H groups in total. The number of hydrogen-bond acceptors (Lipinski definition) is 1. The van der Waals surface area contributed by atoms with Crippen molar-refractivity contribution in [3.8, 4) is 0 Å². The highest BCUT2D eigenvalue weighted by atomic mass is 79.9. The summed E-state index contributed by atoms with van der Waals surface area (Å²) in [6, 6.07) is 5.57. The third-order valence-electron chi connectivity index (χ3n) is 1.82. The molecule has 1 aromatic rings. The quantitative estimate of drug-likeness (QED) is 0.587. The van der Waals surface area contributed by atoms with Gasteiger partial charge in [0.05, 0.1) is 5.38 Å². The van der Waals surface area contributed by atoms with Crippen LogP contribution in [0.4, 0.5) is 0 Å². The zero-order valence-corrected chi connectivity index (χ0v) is 9.82. The molecule has 0 spiro atoms. The van der Waals surface area contributed by atoms with Crippen molar-refractivity contribution in [2.45, 2.75) is 19.2 Å². The molecule has 0 fully saturated rings. The lowest BCUT2D eigenvalue weighted by Crippen LogP contribution is -2.11. The molecule has 0 aliphatic heterocycles. The second kappa shape index (κ2) is 4.25. The van der Waals surface area contributed by atoms with Gasteiger partial charge < -0.3 is 0 Å². The average Bonchev–Trinajstić information content (AvgIpc) is 2.08.